The number of carbonyl (C=O) groups is 2. The molecule has 0 N–H and O–H groups in total. The van der Waals surface area contributed by atoms with E-state index in [0.29, 0.717) is 43.7 Å². The molecule has 206 valence electrons. The molecule has 0 unspecified atom stereocenters. The largest absolute Gasteiger partial charge is 0.416 e. The van der Waals surface area contributed by atoms with E-state index in [2.05, 4.69) is 0 Å². The van der Waals surface area contributed by atoms with Gasteiger partial charge in [-0.1, -0.05) is 60.7 Å². The highest BCUT2D eigenvalue weighted by atomic mass is 19.4. The van der Waals surface area contributed by atoms with E-state index in [9.17, 15) is 35.9 Å². The third-order valence-corrected chi connectivity index (χ3v) is 5.82. The van der Waals surface area contributed by atoms with Gasteiger partial charge in [0.1, 0.15) is 0 Å². The number of hydrogen-bond donors (Lipinski definition) is 0. The van der Waals surface area contributed by atoms with Crippen LogP contribution in [0.3, 0.4) is 0 Å². The molecule has 0 aromatic heterocycles. The highest BCUT2D eigenvalue weighted by Crippen LogP contribution is 2.30. The van der Waals surface area contributed by atoms with Gasteiger partial charge in [0.2, 0.25) is 11.8 Å². The number of carbonyl (C=O) groups excluding carboxylic acids is 2. The molecular formula is C29H26F6N2O2. The molecule has 1 fully saturated rings. The Morgan fingerprint density at radius 2 is 1.03 bits per heavy atom. The van der Waals surface area contributed by atoms with E-state index in [1.54, 1.807) is 9.80 Å². The smallest absolute Gasteiger partial charge is 0.337 e. The zero-order chi connectivity index (χ0) is 28.5. The first-order chi connectivity index (χ1) is 18.4. The molecule has 0 aliphatic carbocycles. The van der Waals surface area contributed by atoms with Gasteiger partial charge in [0.15, 0.2) is 0 Å². The van der Waals surface area contributed by atoms with Crippen LogP contribution in [-0.2, 0) is 21.9 Å². The quantitative estimate of drug-likeness (QED) is 0.231. The number of nitrogens with zero attached hydrogens (tertiary/aromatic N) is 2. The highest BCUT2D eigenvalue weighted by molar-refractivity contribution is 5.89. The van der Waals surface area contributed by atoms with Crippen molar-refractivity contribution >= 4 is 24.0 Å². The Hall–Kier alpha value is -4.08. The third-order valence-electron chi connectivity index (χ3n) is 5.82. The van der Waals surface area contributed by atoms with Crippen LogP contribution in [0.15, 0.2) is 85.0 Å². The van der Waals surface area contributed by atoms with Gasteiger partial charge in [0, 0.05) is 38.3 Å². The molecule has 2 aromatic rings. The van der Waals surface area contributed by atoms with Crippen LogP contribution in [0.2, 0.25) is 0 Å². The zero-order valence-corrected chi connectivity index (χ0v) is 20.8. The fourth-order valence-corrected chi connectivity index (χ4v) is 3.82. The van der Waals surface area contributed by atoms with Crippen LogP contribution >= 0.6 is 0 Å². The van der Waals surface area contributed by atoms with Crippen molar-refractivity contribution in [3.63, 3.8) is 0 Å². The molecule has 2 amide bonds. The van der Waals surface area contributed by atoms with E-state index in [0.717, 1.165) is 24.3 Å². The summed E-state index contributed by atoms with van der Waals surface area (Å²) < 4.78 is 76.9. The summed E-state index contributed by atoms with van der Waals surface area (Å²) in [6, 6.07) is 9.67. The van der Waals surface area contributed by atoms with Crippen molar-refractivity contribution in [3.8, 4) is 0 Å². The summed E-state index contributed by atoms with van der Waals surface area (Å²) in [7, 11) is 0. The second-order valence-corrected chi connectivity index (χ2v) is 8.69. The minimum absolute atomic E-state index is 0.280. The second kappa shape index (κ2) is 13.1. The molecule has 0 atom stereocenters. The molecular weight excluding hydrogens is 522 g/mol. The van der Waals surface area contributed by atoms with Crippen molar-refractivity contribution in [2.75, 3.05) is 26.2 Å². The monoisotopic (exact) mass is 548 g/mol. The Labute approximate surface area is 222 Å². The van der Waals surface area contributed by atoms with Crippen molar-refractivity contribution in [1.29, 1.82) is 0 Å². The molecule has 3 rings (SSSR count). The van der Waals surface area contributed by atoms with Crippen LogP contribution in [0.25, 0.3) is 12.2 Å². The number of benzene rings is 2. The van der Waals surface area contributed by atoms with Crippen molar-refractivity contribution < 1.29 is 35.9 Å². The standard InChI is InChI=1S/C29H26F6N2O2/c30-28(31,32)24-12-5-10-22(20-24)8-1-3-14-26(38)36-16-7-17-37(19-18-36)27(39)15-4-2-9-23-11-6-13-25(21-23)29(33,34)35/h1-6,8-15,20-21H,7,16-19H2/b8-1+,9-2+,14-3+,15-4+. The number of hydrogen-bond acceptors (Lipinski definition) is 2. The van der Waals surface area contributed by atoms with Crippen molar-refractivity contribution in [2.24, 2.45) is 0 Å². The first kappa shape index (κ1) is 29.5. The maximum atomic E-state index is 12.8. The van der Waals surface area contributed by atoms with Crippen LogP contribution in [0, 0.1) is 0 Å². The van der Waals surface area contributed by atoms with Crippen LogP contribution < -0.4 is 0 Å². The number of rotatable bonds is 6. The predicted octanol–water partition coefficient (Wildman–Crippen LogP) is 6.62. The molecule has 0 saturated carbocycles. The summed E-state index contributed by atoms with van der Waals surface area (Å²) in [5.74, 6) is -0.560. The molecule has 2 aromatic carbocycles. The summed E-state index contributed by atoms with van der Waals surface area (Å²) in [6.07, 6.45) is 3.14. The van der Waals surface area contributed by atoms with Gasteiger partial charge in [0.05, 0.1) is 11.1 Å². The Kier molecular flexibility index (Phi) is 9.92. The fourth-order valence-electron chi connectivity index (χ4n) is 3.82. The maximum Gasteiger partial charge on any atom is 0.416 e. The zero-order valence-electron chi connectivity index (χ0n) is 20.8. The Balaban J connectivity index is 1.49. The number of alkyl halides is 6. The topological polar surface area (TPSA) is 40.6 Å². The van der Waals surface area contributed by atoms with Gasteiger partial charge in [-0.2, -0.15) is 26.3 Å². The van der Waals surface area contributed by atoms with E-state index in [-0.39, 0.29) is 11.8 Å². The molecule has 39 heavy (non-hydrogen) atoms. The van der Waals surface area contributed by atoms with Gasteiger partial charge >= 0.3 is 12.4 Å². The number of allylic oxidation sites excluding steroid dienone is 4. The Morgan fingerprint density at radius 1 is 0.615 bits per heavy atom. The Morgan fingerprint density at radius 3 is 1.41 bits per heavy atom. The normalized spacial score (nSPS) is 15.6. The lowest BCUT2D eigenvalue weighted by Crippen LogP contribution is -2.36. The summed E-state index contributed by atoms with van der Waals surface area (Å²) in [6.45, 7) is 1.48. The van der Waals surface area contributed by atoms with Gasteiger partial charge in [-0.3, -0.25) is 9.59 Å². The van der Waals surface area contributed by atoms with Crippen LogP contribution in [0.1, 0.15) is 28.7 Å². The lowest BCUT2D eigenvalue weighted by atomic mass is 10.1. The van der Waals surface area contributed by atoms with E-state index in [4.69, 9.17) is 0 Å². The summed E-state index contributed by atoms with van der Waals surface area (Å²) >= 11 is 0. The van der Waals surface area contributed by atoms with Gasteiger partial charge in [-0.25, -0.2) is 0 Å². The lowest BCUT2D eigenvalue weighted by Gasteiger charge is -2.20. The minimum atomic E-state index is -4.43. The van der Waals surface area contributed by atoms with E-state index < -0.39 is 23.5 Å². The molecule has 0 bridgehead atoms. The predicted molar refractivity (Wildman–Crippen MR) is 137 cm³/mol. The SMILES string of the molecule is O=C(/C=C/C=C/c1cccc(C(F)(F)F)c1)N1CCCN(C(=O)/C=C/C=C/c2cccc(C(F)(F)F)c2)CC1. The second-order valence-electron chi connectivity index (χ2n) is 8.69. The molecule has 0 spiro atoms. The van der Waals surface area contributed by atoms with Crippen molar-refractivity contribution in [3.05, 3.63) is 107 Å². The summed E-state index contributed by atoms with van der Waals surface area (Å²) in [4.78, 5) is 28.2. The average molecular weight is 549 g/mol. The molecule has 1 aliphatic rings. The Bertz CT molecular complexity index is 1180. The molecule has 10 heteroatoms. The number of amides is 2. The van der Waals surface area contributed by atoms with E-state index in [1.165, 1.54) is 72.9 Å². The summed E-state index contributed by atoms with van der Waals surface area (Å²) in [5, 5.41) is 0. The van der Waals surface area contributed by atoms with Gasteiger partial charge in [0.25, 0.3) is 0 Å². The molecule has 0 radical (unpaired) electrons. The molecule has 1 aliphatic heterocycles. The van der Waals surface area contributed by atoms with E-state index in [1.807, 2.05) is 0 Å². The molecule has 1 heterocycles. The minimum Gasteiger partial charge on any atom is -0.337 e. The van der Waals surface area contributed by atoms with Crippen LogP contribution in [0.4, 0.5) is 26.3 Å². The fraction of sp³-hybridized carbons (Fsp3) is 0.241. The van der Waals surface area contributed by atoms with Gasteiger partial charge in [-0.05, 0) is 41.8 Å². The van der Waals surface area contributed by atoms with Crippen LogP contribution in [0.5, 0.6) is 0 Å². The number of halogens is 6. The third kappa shape index (κ3) is 9.31. The van der Waals surface area contributed by atoms with Gasteiger partial charge < -0.3 is 9.80 Å². The lowest BCUT2D eigenvalue weighted by molar-refractivity contribution is -0.138. The first-order valence-corrected chi connectivity index (χ1v) is 12.1. The van der Waals surface area contributed by atoms with Crippen LogP contribution in [-0.4, -0.2) is 47.8 Å². The van der Waals surface area contributed by atoms with Crippen molar-refractivity contribution in [1.82, 2.24) is 9.80 Å². The maximum absolute atomic E-state index is 12.8. The summed E-state index contributed by atoms with van der Waals surface area (Å²) in [5.41, 5.74) is -0.808. The first-order valence-electron chi connectivity index (χ1n) is 12.1. The molecule has 1 saturated heterocycles. The highest BCUT2D eigenvalue weighted by Gasteiger charge is 2.30. The van der Waals surface area contributed by atoms with Gasteiger partial charge in [-0.15, -0.1) is 0 Å². The average Bonchev–Trinajstić information content (AvgIpc) is 3.15. The molecule has 4 nitrogen and oxygen atoms in total. The van der Waals surface area contributed by atoms with Crippen molar-refractivity contribution in [2.45, 2.75) is 18.8 Å². The van der Waals surface area contributed by atoms with E-state index >= 15 is 0 Å².